The van der Waals surface area contributed by atoms with E-state index in [0.717, 1.165) is 10.9 Å². The summed E-state index contributed by atoms with van der Waals surface area (Å²) in [6.07, 6.45) is 0.422. The van der Waals surface area contributed by atoms with Crippen LogP contribution in [0.2, 0.25) is 0 Å². The van der Waals surface area contributed by atoms with E-state index in [9.17, 15) is 4.79 Å². The highest BCUT2D eigenvalue weighted by Gasteiger charge is 2.09. The monoisotopic (exact) mass is 216 g/mol. The van der Waals surface area contributed by atoms with Crippen molar-refractivity contribution in [2.24, 2.45) is 5.73 Å². The fourth-order valence-corrected chi connectivity index (χ4v) is 1.68. The van der Waals surface area contributed by atoms with Crippen molar-refractivity contribution in [1.82, 2.24) is 4.98 Å². The molecule has 1 aromatic carbocycles. The van der Waals surface area contributed by atoms with Gasteiger partial charge in [0.15, 0.2) is 0 Å². The van der Waals surface area contributed by atoms with Gasteiger partial charge in [-0.05, 0) is 12.1 Å². The zero-order chi connectivity index (χ0) is 11.5. The van der Waals surface area contributed by atoms with Crippen molar-refractivity contribution < 1.29 is 9.90 Å². The summed E-state index contributed by atoms with van der Waals surface area (Å²) >= 11 is 0. The molecule has 0 radical (unpaired) electrons. The molecule has 0 atom stereocenters. The molecule has 4 heteroatoms. The standard InChI is InChI=1S/C12H12N2O2/c13-12(16)10-7-8(5-6-15)14-11-4-2-1-3-9(10)11/h1-4,7,15H,5-6H2,(H2,13,16). The number of carbonyl (C=O) groups excluding carboxylic acids is 1. The fraction of sp³-hybridized carbons (Fsp3) is 0.167. The Bertz CT molecular complexity index is 538. The van der Waals surface area contributed by atoms with Crippen LogP contribution in [0.15, 0.2) is 30.3 Å². The van der Waals surface area contributed by atoms with Gasteiger partial charge < -0.3 is 10.8 Å². The number of amides is 1. The van der Waals surface area contributed by atoms with E-state index in [1.807, 2.05) is 24.3 Å². The van der Waals surface area contributed by atoms with Gasteiger partial charge in [-0.1, -0.05) is 18.2 Å². The lowest BCUT2D eigenvalue weighted by atomic mass is 10.1. The van der Waals surface area contributed by atoms with Gasteiger partial charge in [0.2, 0.25) is 5.91 Å². The molecule has 0 unspecified atom stereocenters. The first-order valence-electron chi connectivity index (χ1n) is 5.01. The maximum atomic E-state index is 11.3. The van der Waals surface area contributed by atoms with Crippen LogP contribution < -0.4 is 5.73 Å². The van der Waals surface area contributed by atoms with E-state index in [1.165, 1.54) is 0 Å². The second-order valence-electron chi connectivity index (χ2n) is 3.52. The molecular formula is C12H12N2O2. The molecule has 0 aliphatic carbocycles. The zero-order valence-corrected chi connectivity index (χ0v) is 8.68. The fourth-order valence-electron chi connectivity index (χ4n) is 1.68. The Morgan fingerprint density at radius 2 is 2.12 bits per heavy atom. The maximum Gasteiger partial charge on any atom is 0.249 e. The molecule has 4 nitrogen and oxygen atoms in total. The van der Waals surface area contributed by atoms with E-state index >= 15 is 0 Å². The molecule has 1 heterocycles. The first kappa shape index (κ1) is 10.6. The lowest BCUT2D eigenvalue weighted by Gasteiger charge is -2.05. The minimum Gasteiger partial charge on any atom is -0.396 e. The van der Waals surface area contributed by atoms with E-state index in [2.05, 4.69) is 4.98 Å². The summed E-state index contributed by atoms with van der Waals surface area (Å²) in [5.74, 6) is -0.474. The Labute approximate surface area is 92.7 Å². The molecule has 1 amide bonds. The second kappa shape index (κ2) is 4.28. The van der Waals surface area contributed by atoms with Crippen molar-refractivity contribution in [3.05, 3.63) is 41.6 Å². The van der Waals surface area contributed by atoms with Gasteiger partial charge in [-0.3, -0.25) is 9.78 Å². The second-order valence-corrected chi connectivity index (χ2v) is 3.52. The Morgan fingerprint density at radius 3 is 2.81 bits per heavy atom. The Kier molecular flexibility index (Phi) is 2.83. The van der Waals surface area contributed by atoms with Gasteiger partial charge in [0, 0.05) is 24.1 Å². The van der Waals surface area contributed by atoms with Gasteiger partial charge >= 0.3 is 0 Å². The normalized spacial score (nSPS) is 10.6. The number of nitrogens with zero attached hydrogens (tertiary/aromatic N) is 1. The summed E-state index contributed by atoms with van der Waals surface area (Å²) in [4.78, 5) is 15.6. The first-order valence-corrected chi connectivity index (χ1v) is 5.01. The molecule has 3 N–H and O–H groups in total. The zero-order valence-electron chi connectivity index (χ0n) is 8.68. The highest BCUT2D eigenvalue weighted by molar-refractivity contribution is 6.05. The van der Waals surface area contributed by atoms with Crippen molar-refractivity contribution in [3.63, 3.8) is 0 Å². The predicted octanol–water partition coefficient (Wildman–Crippen LogP) is 0.869. The van der Waals surface area contributed by atoms with Crippen molar-refractivity contribution >= 4 is 16.8 Å². The molecule has 82 valence electrons. The summed E-state index contributed by atoms with van der Waals surface area (Å²) in [7, 11) is 0. The molecule has 2 rings (SSSR count). The Morgan fingerprint density at radius 1 is 1.38 bits per heavy atom. The molecular weight excluding hydrogens is 204 g/mol. The minimum absolute atomic E-state index is 0.00351. The third-order valence-corrected chi connectivity index (χ3v) is 2.40. The minimum atomic E-state index is -0.474. The van der Waals surface area contributed by atoms with Gasteiger partial charge in [-0.2, -0.15) is 0 Å². The summed E-state index contributed by atoms with van der Waals surface area (Å²) in [5, 5.41) is 9.61. The van der Waals surface area contributed by atoms with E-state index in [0.29, 0.717) is 17.7 Å². The van der Waals surface area contributed by atoms with Crippen LogP contribution in [-0.2, 0) is 6.42 Å². The maximum absolute atomic E-state index is 11.3. The van der Waals surface area contributed by atoms with Crippen LogP contribution in [0.25, 0.3) is 10.9 Å². The van der Waals surface area contributed by atoms with Crippen molar-refractivity contribution in [3.8, 4) is 0 Å². The third-order valence-electron chi connectivity index (χ3n) is 2.40. The number of hydrogen-bond donors (Lipinski definition) is 2. The van der Waals surface area contributed by atoms with E-state index in [1.54, 1.807) is 6.07 Å². The third kappa shape index (κ3) is 1.87. The van der Waals surface area contributed by atoms with Crippen LogP contribution in [0.3, 0.4) is 0 Å². The van der Waals surface area contributed by atoms with Crippen LogP contribution >= 0.6 is 0 Å². The Hall–Kier alpha value is -1.94. The van der Waals surface area contributed by atoms with Crippen LogP contribution in [-0.4, -0.2) is 22.6 Å². The van der Waals surface area contributed by atoms with Gasteiger partial charge in [0.05, 0.1) is 11.1 Å². The molecule has 2 aromatic rings. The lowest BCUT2D eigenvalue weighted by Crippen LogP contribution is -2.13. The summed E-state index contributed by atoms with van der Waals surface area (Å²) in [5.41, 5.74) is 7.17. The molecule has 1 aromatic heterocycles. The molecule has 0 saturated heterocycles. The number of pyridine rings is 1. The van der Waals surface area contributed by atoms with Gasteiger partial charge in [-0.15, -0.1) is 0 Å². The molecule has 0 saturated carbocycles. The number of para-hydroxylation sites is 1. The van der Waals surface area contributed by atoms with Crippen molar-refractivity contribution in [2.75, 3.05) is 6.61 Å². The molecule has 0 bridgehead atoms. The molecule has 0 spiro atoms. The first-order chi connectivity index (χ1) is 7.72. The smallest absolute Gasteiger partial charge is 0.249 e. The number of hydrogen-bond acceptors (Lipinski definition) is 3. The lowest BCUT2D eigenvalue weighted by molar-refractivity contribution is 0.100. The molecule has 0 aliphatic rings. The quantitative estimate of drug-likeness (QED) is 0.799. The number of carbonyl (C=O) groups is 1. The molecule has 16 heavy (non-hydrogen) atoms. The number of aromatic nitrogens is 1. The largest absolute Gasteiger partial charge is 0.396 e. The average Bonchev–Trinajstić information content (AvgIpc) is 2.28. The summed E-state index contributed by atoms with van der Waals surface area (Å²) in [6.45, 7) is 0.00351. The average molecular weight is 216 g/mol. The van der Waals surface area contributed by atoms with Gasteiger partial charge in [0.25, 0.3) is 0 Å². The predicted molar refractivity (Wildman–Crippen MR) is 61.1 cm³/mol. The van der Waals surface area contributed by atoms with Crippen LogP contribution in [0.4, 0.5) is 0 Å². The number of benzene rings is 1. The van der Waals surface area contributed by atoms with E-state index in [4.69, 9.17) is 10.8 Å². The Balaban J connectivity index is 2.68. The van der Waals surface area contributed by atoms with Crippen molar-refractivity contribution in [2.45, 2.75) is 6.42 Å². The van der Waals surface area contributed by atoms with Gasteiger partial charge in [0.1, 0.15) is 0 Å². The number of rotatable bonds is 3. The topological polar surface area (TPSA) is 76.2 Å². The van der Waals surface area contributed by atoms with Crippen LogP contribution in [0.1, 0.15) is 16.1 Å². The van der Waals surface area contributed by atoms with Crippen LogP contribution in [0, 0.1) is 0 Å². The SMILES string of the molecule is NC(=O)c1cc(CCO)nc2ccccc12. The number of primary amides is 1. The van der Waals surface area contributed by atoms with Crippen molar-refractivity contribution in [1.29, 1.82) is 0 Å². The summed E-state index contributed by atoms with van der Waals surface area (Å²) < 4.78 is 0. The van der Waals surface area contributed by atoms with Crippen LogP contribution in [0.5, 0.6) is 0 Å². The highest BCUT2D eigenvalue weighted by atomic mass is 16.3. The molecule has 0 fully saturated rings. The number of aliphatic hydroxyl groups is 1. The molecule has 0 aliphatic heterocycles. The van der Waals surface area contributed by atoms with E-state index < -0.39 is 5.91 Å². The van der Waals surface area contributed by atoms with E-state index in [-0.39, 0.29) is 6.61 Å². The number of fused-ring (bicyclic) bond motifs is 1. The highest BCUT2D eigenvalue weighted by Crippen LogP contribution is 2.18. The number of aliphatic hydroxyl groups excluding tert-OH is 1. The number of nitrogens with two attached hydrogens (primary N) is 1. The van der Waals surface area contributed by atoms with Gasteiger partial charge in [-0.25, -0.2) is 0 Å². The summed E-state index contributed by atoms with van der Waals surface area (Å²) in [6, 6.07) is 8.96.